The van der Waals surface area contributed by atoms with Gasteiger partial charge in [0, 0.05) is 37.5 Å². The highest BCUT2D eigenvalue weighted by molar-refractivity contribution is 5.79. The summed E-state index contributed by atoms with van der Waals surface area (Å²) in [6.45, 7) is 5.06. The third kappa shape index (κ3) is 3.51. The van der Waals surface area contributed by atoms with Crippen LogP contribution in [0.5, 0.6) is 0 Å². The van der Waals surface area contributed by atoms with Crippen LogP contribution in [-0.2, 0) is 23.0 Å². The third-order valence-corrected chi connectivity index (χ3v) is 4.57. The maximum Gasteiger partial charge on any atom is 0.226 e. The Kier molecular flexibility index (Phi) is 4.99. The van der Waals surface area contributed by atoms with Crippen molar-refractivity contribution in [2.75, 3.05) is 13.2 Å². The zero-order valence-electron chi connectivity index (χ0n) is 14.4. The number of carbonyl (C=O) groups is 1. The quantitative estimate of drug-likeness (QED) is 0.903. The van der Waals surface area contributed by atoms with E-state index < -0.39 is 0 Å². The number of aromatic nitrogens is 3. The lowest BCUT2D eigenvalue weighted by atomic mass is 9.90. The number of nitrogens with one attached hydrogen (secondary N) is 1. The van der Waals surface area contributed by atoms with E-state index in [0.717, 1.165) is 41.8 Å². The third-order valence-electron chi connectivity index (χ3n) is 4.57. The molecular formula is C17H24N4O3. The van der Waals surface area contributed by atoms with Crippen LogP contribution in [0.15, 0.2) is 16.9 Å². The van der Waals surface area contributed by atoms with Crippen LogP contribution < -0.4 is 5.32 Å². The molecule has 0 aromatic carbocycles. The summed E-state index contributed by atoms with van der Waals surface area (Å²) in [6, 6.07) is 0. The topological polar surface area (TPSA) is 82.2 Å². The van der Waals surface area contributed by atoms with Gasteiger partial charge in [0.2, 0.25) is 5.91 Å². The van der Waals surface area contributed by atoms with Gasteiger partial charge in [-0.2, -0.15) is 5.10 Å². The molecule has 7 heteroatoms. The van der Waals surface area contributed by atoms with E-state index in [2.05, 4.69) is 15.6 Å². The molecular weight excluding hydrogens is 308 g/mol. The fraction of sp³-hybridized carbons (Fsp3) is 0.588. The van der Waals surface area contributed by atoms with Gasteiger partial charge in [-0.3, -0.25) is 9.48 Å². The average molecular weight is 332 g/mol. The van der Waals surface area contributed by atoms with E-state index >= 15 is 0 Å². The molecule has 3 rings (SSSR count). The molecule has 1 amide bonds. The zero-order valence-corrected chi connectivity index (χ0v) is 14.4. The van der Waals surface area contributed by atoms with Gasteiger partial charge in [-0.1, -0.05) is 5.16 Å². The second-order valence-electron chi connectivity index (χ2n) is 6.33. The highest BCUT2D eigenvalue weighted by Gasteiger charge is 2.33. The Labute approximate surface area is 141 Å². The van der Waals surface area contributed by atoms with E-state index in [4.69, 9.17) is 9.26 Å². The van der Waals surface area contributed by atoms with E-state index in [-0.39, 0.29) is 17.9 Å². The van der Waals surface area contributed by atoms with Crippen molar-refractivity contribution in [2.45, 2.75) is 39.2 Å². The molecule has 0 bridgehead atoms. The fourth-order valence-electron chi connectivity index (χ4n) is 3.27. The molecule has 2 aromatic heterocycles. The molecule has 2 aromatic rings. The first-order valence-electron chi connectivity index (χ1n) is 8.36. The van der Waals surface area contributed by atoms with Crippen molar-refractivity contribution in [3.05, 3.63) is 35.0 Å². The van der Waals surface area contributed by atoms with Crippen LogP contribution in [0.1, 0.15) is 41.5 Å². The summed E-state index contributed by atoms with van der Waals surface area (Å²) in [7, 11) is 1.87. The molecule has 1 saturated heterocycles. The van der Waals surface area contributed by atoms with Gasteiger partial charge in [-0.25, -0.2) is 0 Å². The minimum absolute atomic E-state index is 0.0373. The van der Waals surface area contributed by atoms with E-state index in [1.807, 2.05) is 27.1 Å². The summed E-state index contributed by atoms with van der Waals surface area (Å²) in [5, 5.41) is 11.2. The molecule has 130 valence electrons. The lowest BCUT2D eigenvalue weighted by Crippen LogP contribution is -2.38. The molecule has 7 nitrogen and oxygen atoms in total. The molecule has 0 unspecified atom stereocenters. The maximum absolute atomic E-state index is 12.6. The Balaban J connectivity index is 1.60. The van der Waals surface area contributed by atoms with Crippen molar-refractivity contribution in [1.29, 1.82) is 0 Å². The van der Waals surface area contributed by atoms with E-state index in [1.165, 1.54) is 0 Å². The summed E-state index contributed by atoms with van der Waals surface area (Å²) in [4.78, 5) is 12.6. The smallest absolute Gasteiger partial charge is 0.226 e. The normalized spacial score (nSPS) is 21.0. The van der Waals surface area contributed by atoms with Gasteiger partial charge in [0.15, 0.2) is 0 Å². The number of carbonyl (C=O) groups excluding carboxylic acids is 1. The van der Waals surface area contributed by atoms with Crippen LogP contribution in [0.2, 0.25) is 0 Å². The average Bonchev–Trinajstić information content (AvgIpc) is 3.15. The SMILES string of the molecule is Cc1noc(C)c1CCNC(=O)[C@@H]1CCCO[C@H]1c1cnn(C)c1. The van der Waals surface area contributed by atoms with Crippen LogP contribution in [-0.4, -0.2) is 34.0 Å². The number of nitrogens with zero attached hydrogens (tertiary/aromatic N) is 3. The second kappa shape index (κ2) is 7.17. The van der Waals surface area contributed by atoms with E-state index in [9.17, 15) is 4.79 Å². The van der Waals surface area contributed by atoms with Crippen molar-refractivity contribution in [2.24, 2.45) is 13.0 Å². The van der Waals surface area contributed by atoms with Crippen molar-refractivity contribution in [3.8, 4) is 0 Å². The Bertz CT molecular complexity index is 687. The number of hydrogen-bond acceptors (Lipinski definition) is 5. The van der Waals surface area contributed by atoms with Crippen molar-refractivity contribution in [1.82, 2.24) is 20.3 Å². The summed E-state index contributed by atoms with van der Waals surface area (Å²) in [5.41, 5.74) is 2.91. The highest BCUT2D eigenvalue weighted by Crippen LogP contribution is 2.33. The molecule has 2 atom stereocenters. The lowest BCUT2D eigenvalue weighted by molar-refractivity contribution is -0.134. The monoisotopic (exact) mass is 332 g/mol. The van der Waals surface area contributed by atoms with Crippen molar-refractivity contribution < 1.29 is 14.1 Å². The van der Waals surface area contributed by atoms with Crippen LogP contribution in [0.3, 0.4) is 0 Å². The predicted octanol–water partition coefficient (Wildman–Crippen LogP) is 1.85. The Morgan fingerprint density at radius 3 is 2.96 bits per heavy atom. The molecule has 0 saturated carbocycles. The van der Waals surface area contributed by atoms with Crippen LogP contribution in [0.25, 0.3) is 0 Å². The fourth-order valence-corrected chi connectivity index (χ4v) is 3.27. The van der Waals surface area contributed by atoms with Gasteiger partial charge in [0.05, 0.1) is 23.9 Å². The van der Waals surface area contributed by atoms with Gasteiger partial charge in [0.25, 0.3) is 0 Å². The molecule has 3 heterocycles. The Morgan fingerprint density at radius 2 is 2.29 bits per heavy atom. The molecule has 0 radical (unpaired) electrons. The predicted molar refractivity (Wildman–Crippen MR) is 87.3 cm³/mol. The molecule has 1 N–H and O–H groups in total. The maximum atomic E-state index is 12.6. The number of hydrogen-bond donors (Lipinski definition) is 1. The summed E-state index contributed by atoms with van der Waals surface area (Å²) >= 11 is 0. The van der Waals surface area contributed by atoms with Gasteiger partial charge in [-0.15, -0.1) is 0 Å². The summed E-state index contributed by atoms with van der Waals surface area (Å²) in [6.07, 6.45) is 5.93. The standard InChI is InChI=1S/C17H24N4O3/c1-11-14(12(2)24-20-11)6-7-18-17(22)15-5-4-8-23-16(15)13-9-19-21(3)10-13/h9-10,15-16H,4-8H2,1-3H3,(H,18,22)/t15-,16+/m1/s1. The van der Waals surface area contributed by atoms with E-state index in [0.29, 0.717) is 13.2 Å². The first-order chi connectivity index (χ1) is 11.6. The minimum Gasteiger partial charge on any atom is -0.373 e. The van der Waals surface area contributed by atoms with Crippen LogP contribution in [0, 0.1) is 19.8 Å². The first-order valence-corrected chi connectivity index (χ1v) is 8.36. The van der Waals surface area contributed by atoms with Crippen LogP contribution >= 0.6 is 0 Å². The van der Waals surface area contributed by atoms with E-state index in [1.54, 1.807) is 10.9 Å². The first kappa shape index (κ1) is 16.7. The molecule has 0 aliphatic carbocycles. The van der Waals surface area contributed by atoms with Gasteiger partial charge < -0.3 is 14.6 Å². The summed E-state index contributed by atoms with van der Waals surface area (Å²) < 4.78 is 12.8. The second-order valence-corrected chi connectivity index (χ2v) is 6.33. The zero-order chi connectivity index (χ0) is 17.1. The van der Waals surface area contributed by atoms with Gasteiger partial charge in [-0.05, 0) is 33.1 Å². The Morgan fingerprint density at radius 1 is 1.46 bits per heavy atom. The number of aryl methyl sites for hydroxylation is 3. The Hall–Kier alpha value is -2.15. The molecule has 24 heavy (non-hydrogen) atoms. The molecule has 1 aliphatic rings. The van der Waals surface area contributed by atoms with Gasteiger partial charge >= 0.3 is 0 Å². The number of rotatable bonds is 5. The van der Waals surface area contributed by atoms with Crippen molar-refractivity contribution in [3.63, 3.8) is 0 Å². The minimum atomic E-state index is -0.216. The molecule has 1 aliphatic heterocycles. The lowest BCUT2D eigenvalue weighted by Gasteiger charge is -2.30. The van der Waals surface area contributed by atoms with Gasteiger partial charge in [0.1, 0.15) is 5.76 Å². The highest BCUT2D eigenvalue weighted by atomic mass is 16.5. The number of amides is 1. The summed E-state index contributed by atoms with van der Waals surface area (Å²) in [5.74, 6) is 0.680. The molecule has 0 spiro atoms. The van der Waals surface area contributed by atoms with Crippen LogP contribution in [0.4, 0.5) is 0 Å². The molecule has 1 fully saturated rings. The van der Waals surface area contributed by atoms with Crippen molar-refractivity contribution >= 4 is 5.91 Å². The largest absolute Gasteiger partial charge is 0.373 e. The number of ether oxygens (including phenoxy) is 1.